The van der Waals surface area contributed by atoms with Crippen LogP contribution >= 0.6 is 15.9 Å². The highest BCUT2D eigenvalue weighted by Gasteiger charge is 2.30. The average Bonchev–Trinajstić information content (AvgIpc) is 2.29. The molecule has 2 aromatic carbocycles. The van der Waals surface area contributed by atoms with Gasteiger partial charge in [0.2, 0.25) is 0 Å². The minimum absolute atomic E-state index is 0.118. The van der Waals surface area contributed by atoms with Crippen molar-refractivity contribution in [2.24, 2.45) is 5.73 Å². The van der Waals surface area contributed by atoms with E-state index in [4.69, 9.17) is 5.73 Å². The van der Waals surface area contributed by atoms with Crippen molar-refractivity contribution in [2.45, 2.75) is 12.5 Å². The first-order chi connectivity index (χ1) is 8.43. The summed E-state index contributed by atoms with van der Waals surface area (Å²) in [5.74, 6) is -1.27. The number of hydrogen-bond acceptors (Lipinski definition) is 1. The Kier molecular flexibility index (Phi) is 3.50. The number of halogens is 3. The lowest BCUT2D eigenvalue weighted by molar-refractivity contribution is 0.482. The van der Waals surface area contributed by atoms with E-state index in [9.17, 15) is 8.78 Å². The summed E-state index contributed by atoms with van der Waals surface area (Å²) in [5.41, 5.74) is 5.43. The van der Waals surface area contributed by atoms with Gasteiger partial charge in [0.25, 0.3) is 0 Å². The minimum Gasteiger partial charge on any atom is -0.318 e. The standard InChI is InChI=1S/C14H12BrF2N/c1-14(18,9-5-7-10(15)8-6-9)13-11(16)3-2-4-12(13)17/h2-8H,18H2,1H3. The zero-order valence-electron chi connectivity index (χ0n) is 9.75. The van der Waals surface area contributed by atoms with Gasteiger partial charge in [0.05, 0.1) is 5.54 Å². The first kappa shape index (κ1) is 13.2. The molecule has 1 unspecified atom stereocenters. The van der Waals surface area contributed by atoms with Gasteiger partial charge < -0.3 is 5.73 Å². The van der Waals surface area contributed by atoms with Crippen molar-refractivity contribution in [1.82, 2.24) is 0 Å². The molecule has 0 bridgehead atoms. The second kappa shape index (κ2) is 4.78. The van der Waals surface area contributed by atoms with E-state index in [1.165, 1.54) is 18.2 Å². The van der Waals surface area contributed by atoms with Gasteiger partial charge in [-0.15, -0.1) is 0 Å². The molecule has 18 heavy (non-hydrogen) atoms. The average molecular weight is 312 g/mol. The topological polar surface area (TPSA) is 26.0 Å². The van der Waals surface area contributed by atoms with Gasteiger partial charge in [-0.2, -0.15) is 0 Å². The summed E-state index contributed by atoms with van der Waals surface area (Å²) in [5, 5.41) is 0. The van der Waals surface area contributed by atoms with Crippen LogP contribution in [0.4, 0.5) is 8.78 Å². The minimum atomic E-state index is -1.21. The molecule has 2 aromatic rings. The van der Waals surface area contributed by atoms with Gasteiger partial charge in [-0.3, -0.25) is 0 Å². The van der Waals surface area contributed by atoms with Crippen LogP contribution in [0.1, 0.15) is 18.1 Å². The summed E-state index contributed by atoms with van der Waals surface area (Å²) < 4.78 is 28.4. The summed E-state index contributed by atoms with van der Waals surface area (Å²) >= 11 is 3.31. The van der Waals surface area contributed by atoms with Gasteiger partial charge in [0, 0.05) is 10.0 Å². The molecule has 0 aliphatic heterocycles. The second-order valence-electron chi connectivity index (χ2n) is 4.31. The van der Waals surface area contributed by atoms with E-state index < -0.39 is 17.2 Å². The van der Waals surface area contributed by atoms with Crippen molar-refractivity contribution in [2.75, 3.05) is 0 Å². The maximum Gasteiger partial charge on any atom is 0.131 e. The maximum absolute atomic E-state index is 13.8. The van der Waals surface area contributed by atoms with Crippen LogP contribution in [0.2, 0.25) is 0 Å². The third kappa shape index (κ3) is 2.31. The molecule has 1 nitrogen and oxygen atoms in total. The third-order valence-electron chi connectivity index (χ3n) is 2.93. The number of rotatable bonds is 2. The van der Waals surface area contributed by atoms with Crippen LogP contribution in [0.5, 0.6) is 0 Å². The van der Waals surface area contributed by atoms with Crippen LogP contribution in [0.25, 0.3) is 0 Å². The van der Waals surface area contributed by atoms with Crippen molar-refractivity contribution in [3.63, 3.8) is 0 Å². The molecule has 1 atom stereocenters. The highest BCUT2D eigenvalue weighted by molar-refractivity contribution is 9.10. The Hall–Kier alpha value is -1.26. The molecule has 2 N–H and O–H groups in total. The first-order valence-electron chi connectivity index (χ1n) is 5.42. The van der Waals surface area contributed by atoms with Crippen LogP contribution in [0.3, 0.4) is 0 Å². The molecule has 0 aromatic heterocycles. The molecule has 0 aliphatic carbocycles. The fourth-order valence-electron chi connectivity index (χ4n) is 1.93. The van der Waals surface area contributed by atoms with Crippen LogP contribution < -0.4 is 5.73 Å². The summed E-state index contributed by atoms with van der Waals surface area (Å²) in [7, 11) is 0. The third-order valence-corrected chi connectivity index (χ3v) is 3.45. The van der Waals surface area contributed by atoms with Crippen molar-refractivity contribution in [1.29, 1.82) is 0 Å². The smallest absolute Gasteiger partial charge is 0.131 e. The van der Waals surface area contributed by atoms with Crippen molar-refractivity contribution >= 4 is 15.9 Å². The predicted molar refractivity (Wildman–Crippen MR) is 71.1 cm³/mol. The Morgan fingerprint density at radius 1 is 1.00 bits per heavy atom. The molecule has 94 valence electrons. The van der Waals surface area contributed by atoms with Gasteiger partial charge in [0.1, 0.15) is 11.6 Å². The Balaban J connectivity index is 2.57. The van der Waals surface area contributed by atoms with Gasteiger partial charge in [0.15, 0.2) is 0 Å². The number of hydrogen-bond donors (Lipinski definition) is 1. The summed E-state index contributed by atoms with van der Waals surface area (Å²) in [6.07, 6.45) is 0. The van der Waals surface area contributed by atoms with E-state index in [0.717, 1.165) is 4.47 Å². The predicted octanol–water partition coefficient (Wildman–Crippen LogP) is 3.95. The highest BCUT2D eigenvalue weighted by atomic mass is 79.9. The van der Waals surface area contributed by atoms with Crippen LogP contribution in [-0.4, -0.2) is 0 Å². The Morgan fingerprint density at radius 2 is 1.50 bits per heavy atom. The van der Waals surface area contributed by atoms with Gasteiger partial charge in [-0.25, -0.2) is 8.78 Å². The summed E-state index contributed by atoms with van der Waals surface area (Å²) in [6.45, 7) is 1.59. The largest absolute Gasteiger partial charge is 0.318 e. The molecule has 0 spiro atoms. The van der Waals surface area contributed by atoms with Gasteiger partial charge in [-0.1, -0.05) is 34.1 Å². The fourth-order valence-corrected chi connectivity index (χ4v) is 2.20. The van der Waals surface area contributed by atoms with Crippen molar-refractivity contribution in [3.05, 3.63) is 69.7 Å². The quantitative estimate of drug-likeness (QED) is 0.893. The van der Waals surface area contributed by atoms with Crippen molar-refractivity contribution < 1.29 is 8.78 Å². The molecular weight excluding hydrogens is 300 g/mol. The number of nitrogens with two attached hydrogens (primary N) is 1. The fraction of sp³-hybridized carbons (Fsp3) is 0.143. The molecule has 0 fully saturated rings. The highest BCUT2D eigenvalue weighted by Crippen LogP contribution is 2.31. The first-order valence-corrected chi connectivity index (χ1v) is 6.21. The molecule has 0 amide bonds. The van der Waals surface area contributed by atoms with Crippen LogP contribution in [0.15, 0.2) is 46.9 Å². The zero-order valence-corrected chi connectivity index (χ0v) is 11.3. The normalized spacial score (nSPS) is 14.3. The van der Waals surface area contributed by atoms with Gasteiger partial charge in [-0.05, 0) is 36.8 Å². The van der Waals surface area contributed by atoms with E-state index in [-0.39, 0.29) is 5.56 Å². The molecule has 0 heterocycles. The summed E-state index contributed by atoms with van der Waals surface area (Å²) in [4.78, 5) is 0. The Labute approximate surface area is 113 Å². The molecule has 0 radical (unpaired) electrons. The molecular formula is C14H12BrF2N. The Bertz CT molecular complexity index is 544. The van der Waals surface area contributed by atoms with E-state index in [1.807, 2.05) is 0 Å². The lowest BCUT2D eigenvalue weighted by Crippen LogP contribution is -2.36. The molecule has 2 rings (SSSR count). The summed E-state index contributed by atoms with van der Waals surface area (Å²) in [6, 6.07) is 10.8. The lowest BCUT2D eigenvalue weighted by Gasteiger charge is -2.26. The maximum atomic E-state index is 13.8. The Morgan fingerprint density at radius 3 is 2.00 bits per heavy atom. The van der Waals surface area contributed by atoms with Crippen molar-refractivity contribution in [3.8, 4) is 0 Å². The van der Waals surface area contributed by atoms with E-state index in [2.05, 4.69) is 15.9 Å². The van der Waals surface area contributed by atoms with E-state index in [1.54, 1.807) is 31.2 Å². The van der Waals surface area contributed by atoms with E-state index >= 15 is 0 Å². The zero-order chi connectivity index (χ0) is 13.3. The second-order valence-corrected chi connectivity index (χ2v) is 5.22. The van der Waals surface area contributed by atoms with Gasteiger partial charge >= 0.3 is 0 Å². The monoisotopic (exact) mass is 311 g/mol. The molecule has 0 saturated carbocycles. The molecule has 4 heteroatoms. The van der Waals surface area contributed by atoms with E-state index in [0.29, 0.717) is 5.56 Å². The lowest BCUT2D eigenvalue weighted by atomic mass is 9.85. The SMILES string of the molecule is CC(N)(c1ccc(Br)cc1)c1c(F)cccc1F. The molecule has 0 saturated heterocycles. The molecule has 0 aliphatic rings. The van der Waals surface area contributed by atoms with Crippen LogP contribution in [0, 0.1) is 11.6 Å². The number of benzene rings is 2. The van der Waals surface area contributed by atoms with Crippen LogP contribution in [-0.2, 0) is 5.54 Å².